The van der Waals surface area contributed by atoms with Gasteiger partial charge in [-0.3, -0.25) is 14.9 Å². The SMILES string of the molecule is COc1ccc(/C=C2/SC(=Nc3ccc(Cl)cc3[N+](=O)[O-])NC2=O)cc1. The first-order chi connectivity index (χ1) is 12.5. The summed E-state index contributed by atoms with van der Waals surface area (Å²) in [5.41, 5.74) is 0.711. The number of benzene rings is 2. The summed E-state index contributed by atoms with van der Waals surface area (Å²) in [6, 6.07) is 11.4. The number of thioether (sulfide) groups is 1. The Morgan fingerprint density at radius 3 is 2.65 bits per heavy atom. The summed E-state index contributed by atoms with van der Waals surface area (Å²) in [4.78, 5) is 27.3. The van der Waals surface area contributed by atoms with Crippen LogP contribution in [0.25, 0.3) is 6.08 Å². The quantitative estimate of drug-likeness (QED) is 0.481. The molecule has 1 saturated heterocycles. The number of amides is 1. The molecule has 0 spiro atoms. The van der Waals surface area contributed by atoms with E-state index in [1.807, 2.05) is 12.1 Å². The highest BCUT2D eigenvalue weighted by Crippen LogP contribution is 2.33. The third kappa shape index (κ3) is 4.04. The molecule has 1 amide bonds. The number of halogens is 1. The van der Waals surface area contributed by atoms with Crippen molar-refractivity contribution in [3.8, 4) is 5.75 Å². The van der Waals surface area contributed by atoms with E-state index in [2.05, 4.69) is 10.3 Å². The average molecular weight is 390 g/mol. The number of hydrogen-bond acceptors (Lipinski definition) is 6. The van der Waals surface area contributed by atoms with Crippen LogP contribution < -0.4 is 10.1 Å². The van der Waals surface area contributed by atoms with Gasteiger partial charge < -0.3 is 10.1 Å². The fourth-order valence-electron chi connectivity index (χ4n) is 2.18. The van der Waals surface area contributed by atoms with Gasteiger partial charge in [0.1, 0.15) is 11.4 Å². The zero-order chi connectivity index (χ0) is 18.7. The number of ether oxygens (including phenoxy) is 1. The summed E-state index contributed by atoms with van der Waals surface area (Å²) < 4.78 is 5.09. The van der Waals surface area contributed by atoms with E-state index in [0.29, 0.717) is 10.7 Å². The molecule has 2 aromatic rings. The molecule has 0 aromatic heterocycles. The highest BCUT2D eigenvalue weighted by Gasteiger charge is 2.25. The van der Waals surface area contributed by atoms with Crippen molar-refractivity contribution in [3.05, 3.63) is 68.1 Å². The van der Waals surface area contributed by atoms with Crippen LogP contribution >= 0.6 is 23.4 Å². The van der Waals surface area contributed by atoms with Gasteiger partial charge in [0.05, 0.1) is 16.9 Å². The molecule has 0 aliphatic carbocycles. The molecule has 1 heterocycles. The van der Waals surface area contributed by atoms with Crippen LogP contribution in [0.2, 0.25) is 5.02 Å². The number of aliphatic imine (C=N–C) groups is 1. The highest BCUT2D eigenvalue weighted by atomic mass is 35.5. The second kappa shape index (κ2) is 7.59. The van der Waals surface area contributed by atoms with Crippen LogP contribution in [0.1, 0.15) is 5.56 Å². The Hall–Kier alpha value is -2.84. The summed E-state index contributed by atoms with van der Waals surface area (Å²) in [5, 5.41) is 14.2. The van der Waals surface area contributed by atoms with E-state index in [1.54, 1.807) is 25.3 Å². The molecule has 1 aliphatic rings. The Kier molecular flexibility index (Phi) is 5.24. The maximum atomic E-state index is 12.1. The van der Waals surface area contributed by atoms with Crippen molar-refractivity contribution in [2.45, 2.75) is 0 Å². The Bertz CT molecular complexity index is 942. The number of carbonyl (C=O) groups is 1. The lowest BCUT2D eigenvalue weighted by atomic mass is 10.2. The molecule has 1 aliphatic heterocycles. The first kappa shape index (κ1) is 18.0. The van der Waals surface area contributed by atoms with Crippen LogP contribution in [-0.4, -0.2) is 23.1 Å². The number of nitrogens with zero attached hydrogens (tertiary/aromatic N) is 2. The fourth-order valence-corrected chi connectivity index (χ4v) is 3.18. The van der Waals surface area contributed by atoms with Crippen molar-refractivity contribution >= 4 is 51.9 Å². The predicted molar refractivity (Wildman–Crippen MR) is 102 cm³/mol. The number of amidine groups is 1. The molecule has 0 bridgehead atoms. The first-order valence-electron chi connectivity index (χ1n) is 7.34. The molecular formula is C17H12ClN3O4S. The number of rotatable bonds is 4. The van der Waals surface area contributed by atoms with Crippen LogP contribution in [0.4, 0.5) is 11.4 Å². The number of methoxy groups -OCH3 is 1. The van der Waals surface area contributed by atoms with Crippen molar-refractivity contribution < 1.29 is 14.5 Å². The largest absolute Gasteiger partial charge is 0.497 e. The summed E-state index contributed by atoms with van der Waals surface area (Å²) >= 11 is 6.90. The molecule has 132 valence electrons. The molecule has 2 aromatic carbocycles. The van der Waals surface area contributed by atoms with Gasteiger partial charge in [0.25, 0.3) is 11.6 Å². The normalized spacial score (nSPS) is 16.8. The summed E-state index contributed by atoms with van der Waals surface area (Å²) in [6.45, 7) is 0. The lowest BCUT2D eigenvalue weighted by Gasteiger charge is -2.00. The van der Waals surface area contributed by atoms with E-state index in [4.69, 9.17) is 16.3 Å². The lowest BCUT2D eigenvalue weighted by Crippen LogP contribution is -2.19. The van der Waals surface area contributed by atoms with Gasteiger partial charge in [-0.2, -0.15) is 0 Å². The van der Waals surface area contributed by atoms with Crippen LogP contribution in [0.15, 0.2) is 52.4 Å². The van der Waals surface area contributed by atoms with Crippen molar-refractivity contribution in [3.63, 3.8) is 0 Å². The van der Waals surface area contributed by atoms with Crippen molar-refractivity contribution in [1.29, 1.82) is 0 Å². The lowest BCUT2D eigenvalue weighted by molar-refractivity contribution is -0.384. The van der Waals surface area contributed by atoms with E-state index < -0.39 is 4.92 Å². The van der Waals surface area contributed by atoms with Gasteiger partial charge in [0.15, 0.2) is 5.17 Å². The smallest absolute Gasteiger partial charge is 0.296 e. The van der Waals surface area contributed by atoms with Gasteiger partial charge in [0, 0.05) is 11.1 Å². The Morgan fingerprint density at radius 2 is 2.00 bits per heavy atom. The minimum Gasteiger partial charge on any atom is -0.497 e. The third-order valence-corrected chi connectivity index (χ3v) is 4.57. The van der Waals surface area contributed by atoms with Gasteiger partial charge in [-0.15, -0.1) is 0 Å². The predicted octanol–water partition coefficient (Wildman–Crippen LogP) is 4.15. The molecule has 7 nitrogen and oxygen atoms in total. The second-order valence-electron chi connectivity index (χ2n) is 5.15. The molecule has 0 radical (unpaired) electrons. The van der Waals surface area contributed by atoms with Crippen LogP contribution in [0.3, 0.4) is 0 Å². The minimum atomic E-state index is -0.569. The van der Waals surface area contributed by atoms with Gasteiger partial charge in [-0.25, -0.2) is 4.99 Å². The third-order valence-electron chi connectivity index (χ3n) is 3.42. The Balaban J connectivity index is 1.86. The van der Waals surface area contributed by atoms with E-state index in [1.165, 1.54) is 18.2 Å². The second-order valence-corrected chi connectivity index (χ2v) is 6.61. The molecule has 0 atom stereocenters. The van der Waals surface area contributed by atoms with E-state index in [-0.39, 0.29) is 27.5 Å². The molecule has 3 rings (SSSR count). The van der Waals surface area contributed by atoms with Gasteiger partial charge in [0.2, 0.25) is 0 Å². The first-order valence-corrected chi connectivity index (χ1v) is 8.53. The number of nitro benzene ring substituents is 1. The number of hydrogen-bond donors (Lipinski definition) is 1. The maximum Gasteiger partial charge on any atom is 0.296 e. The Labute approximate surface area is 157 Å². The van der Waals surface area contributed by atoms with Crippen molar-refractivity contribution in [2.75, 3.05) is 7.11 Å². The van der Waals surface area contributed by atoms with Crippen LogP contribution in [0.5, 0.6) is 5.75 Å². The summed E-state index contributed by atoms with van der Waals surface area (Å²) in [7, 11) is 1.58. The topological polar surface area (TPSA) is 93.8 Å². The molecule has 9 heteroatoms. The summed E-state index contributed by atoms with van der Waals surface area (Å²) in [5.74, 6) is 0.397. The number of carbonyl (C=O) groups excluding carboxylic acids is 1. The van der Waals surface area contributed by atoms with Crippen molar-refractivity contribution in [2.24, 2.45) is 4.99 Å². The van der Waals surface area contributed by atoms with E-state index >= 15 is 0 Å². The number of nitro groups is 1. The van der Waals surface area contributed by atoms with E-state index in [9.17, 15) is 14.9 Å². The molecule has 26 heavy (non-hydrogen) atoms. The molecule has 1 fully saturated rings. The maximum absolute atomic E-state index is 12.1. The molecule has 0 unspecified atom stereocenters. The zero-order valence-corrected chi connectivity index (χ0v) is 15.0. The molecule has 0 saturated carbocycles. The monoisotopic (exact) mass is 389 g/mol. The molecular weight excluding hydrogens is 378 g/mol. The minimum absolute atomic E-state index is 0.118. The van der Waals surface area contributed by atoms with Gasteiger partial charge in [-0.1, -0.05) is 23.7 Å². The fraction of sp³-hybridized carbons (Fsp3) is 0.0588. The van der Waals surface area contributed by atoms with Gasteiger partial charge >= 0.3 is 0 Å². The summed E-state index contributed by atoms with van der Waals surface area (Å²) in [6.07, 6.45) is 1.71. The standard InChI is InChI=1S/C17H12ClN3O4S/c1-25-12-5-2-10(3-6-12)8-15-16(22)20-17(26-15)19-13-7-4-11(18)9-14(13)21(23)24/h2-9H,1H3,(H,19,20,22)/b15-8+. The van der Waals surface area contributed by atoms with Gasteiger partial charge in [-0.05, 0) is 47.7 Å². The molecule has 1 N–H and O–H groups in total. The van der Waals surface area contributed by atoms with Crippen molar-refractivity contribution in [1.82, 2.24) is 5.32 Å². The highest BCUT2D eigenvalue weighted by molar-refractivity contribution is 8.18. The van der Waals surface area contributed by atoms with E-state index in [0.717, 1.165) is 17.3 Å². The van der Waals surface area contributed by atoms with Crippen LogP contribution in [-0.2, 0) is 4.79 Å². The number of nitrogens with one attached hydrogen (secondary N) is 1. The van der Waals surface area contributed by atoms with Crippen LogP contribution in [0, 0.1) is 10.1 Å². The average Bonchev–Trinajstić information content (AvgIpc) is 2.96. The zero-order valence-electron chi connectivity index (χ0n) is 13.4. The Morgan fingerprint density at radius 1 is 1.27 bits per heavy atom.